The molecule has 1 aliphatic rings. The van der Waals surface area contributed by atoms with E-state index in [0.717, 1.165) is 11.9 Å². The summed E-state index contributed by atoms with van der Waals surface area (Å²) in [5.74, 6) is 0.907. The Balaban J connectivity index is 2.28. The molecule has 0 saturated carbocycles. The first-order chi connectivity index (χ1) is 4.74. The van der Waals surface area contributed by atoms with Gasteiger partial charge in [0, 0.05) is 25.0 Å². The van der Waals surface area contributed by atoms with Crippen LogP contribution in [0.25, 0.3) is 0 Å². The molecule has 1 saturated heterocycles. The highest BCUT2D eigenvalue weighted by molar-refractivity contribution is 7.80. The maximum absolute atomic E-state index is 4.23. The molecule has 1 fully saturated rings. The summed E-state index contributed by atoms with van der Waals surface area (Å²) < 4.78 is 0. The van der Waals surface area contributed by atoms with Gasteiger partial charge in [0.25, 0.3) is 0 Å². The van der Waals surface area contributed by atoms with Crippen LogP contribution in [0.3, 0.4) is 0 Å². The van der Waals surface area contributed by atoms with Gasteiger partial charge < -0.3 is 4.90 Å². The Bertz CT molecular complexity index is 106. The van der Waals surface area contributed by atoms with Gasteiger partial charge in [-0.05, 0) is 20.5 Å². The van der Waals surface area contributed by atoms with Gasteiger partial charge in [-0.3, -0.25) is 4.90 Å². The monoisotopic (exact) mass is 160 g/mol. The van der Waals surface area contributed by atoms with Crippen LogP contribution in [0, 0.1) is 0 Å². The predicted octanol–water partition coefficient (Wildman–Crippen LogP) is 0.510. The van der Waals surface area contributed by atoms with Crippen molar-refractivity contribution in [2.45, 2.75) is 12.5 Å². The van der Waals surface area contributed by atoms with Crippen LogP contribution in [0.2, 0.25) is 0 Å². The molecule has 0 N–H and O–H groups in total. The van der Waals surface area contributed by atoms with E-state index in [9.17, 15) is 0 Å². The van der Waals surface area contributed by atoms with Crippen LogP contribution < -0.4 is 0 Å². The van der Waals surface area contributed by atoms with Crippen LogP contribution in [0.1, 0.15) is 6.42 Å². The first-order valence-electron chi connectivity index (χ1n) is 3.73. The van der Waals surface area contributed by atoms with Crippen molar-refractivity contribution >= 4 is 12.6 Å². The van der Waals surface area contributed by atoms with E-state index in [1.54, 1.807) is 0 Å². The molecule has 0 radical (unpaired) electrons. The highest BCUT2D eigenvalue weighted by Gasteiger charge is 2.22. The number of likely N-dealkylation sites (tertiary alicyclic amines) is 1. The summed E-state index contributed by atoms with van der Waals surface area (Å²) in [6, 6.07) is 0.757. The summed E-state index contributed by atoms with van der Waals surface area (Å²) in [6.45, 7) is 2.41. The second-order valence-corrected chi connectivity index (χ2v) is 3.41. The molecule has 1 unspecified atom stereocenters. The number of likely N-dealkylation sites (N-methyl/N-ethyl adjacent to an activating group) is 1. The third-order valence-corrected chi connectivity index (χ3v) is 2.58. The highest BCUT2D eigenvalue weighted by atomic mass is 32.1. The van der Waals surface area contributed by atoms with E-state index in [0.29, 0.717) is 0 Å². The minimum absolute atomic E-state index is 0.757. The van der Waals surface area contributed by atoms with E-state index in [1.165, 1.54) is 19.5 Å². The molecule has 0 amide bonds. The molecule has 1 aliphatic heterocycles. The average molecular weight is 160 g/mol. The van der Waals surface area contributed by atoms with Crippen molar-refractivity contribution in [2.75, 3.05) is 33.1 Å². The van der Waals surface area contributed by atoms with Crippen molar-refractivity contribution in [3.8, 4) is 0 Å². The van der Waals surface area contributed by atoms with Gasteiger partial charge in [0.15, 0.2) is 0 Å². The Morgan fingerprint density at radius 1 is 1.60 bits per heavy atom. The molecule has 1 rings (SSSR count). The minimum Gasteiger partial charge on any atom is -0.305 e. The molecule has 0 aromatic heterocycles. The van der Waals surface area contributed by atoms with E-state index < -0.39 is 0 Å². The molecule has 1 heterocycles. The van der Waals surface area contributed by atoms with Crippen molar-refractivity contribution in [3.05, 3.63) is 0 Å². The van der Waals surface area contributed by atoms with Gasteiger partial charge in [-0.1, -0.05) is 0 Å². The Hall–Kier alpha value is 0.270. The lowest BCUT2D eigenvalue weighted by Gasteiger charge is -2.18. The van der Waals surface area contributed by atoms with E-state index in [2.05, 4.69) is 36.5 Å². The summed E-state index contributed by atoms with van der Waals surface area (Å²) in [4.78, 5) is 4.66. The molecular formula is C7H16N2S. The lowest BCUT2D eigenvalue weighted by Crippen LogP contribution is -2.31. The number of rotatable bonds is 2. The molecule has 0 bridgehead atoms. The molecule has 10 heavy (non-hydrogen) atoms. The molecule has 0 aromatic rings. The number of thiol groups is 1. The van der Waals surface area contributed by atoms with E-state index in [4.69, 9.17) is 0 Å². The predicted molar refractivity (Wildman–Crippen MR) is 47.5 cm³/mol. The van der Waals surface area contributed by atoms with Gasteiger partial charge in [0.2, 0.25) is 0 Å². The van der Waals surface area contributed by atoms with E-state index in [-0.39, 0.29) is 0 Å². The van der Waals surface area contributed by atoms with Crippen molar-refractivity contribution in [2.24, 2.45) is 0 Å². The summed E-state index contributed by atoms with van der Waals surface area (Å²) in [5.41, 5.74) is 0. The lowest BCUT2D eigenvalue weighted by atomic mass is 10.2. The SMILES string of the molecule is CN(C)C1CCN(CS)C1. The van der Waals surface area contributed by atoms with Crippen molar-refractivity contribution in [1.29, 1.82) is 0 Å². The summed E-state index contributed by atoms with van der Waals surface area (Å²) in [7, 11) is 4.29. The molecule has 60 valence electrons. The van der Waals surface area contributed by atoms with Crippen molar-refractivity contribution in [1.82, 2.24) is 9.80 Å². The molecule has 0 spiro atoms. The fourth-order valence-electron chi connectivity index (χ4n) is 1.36. The fourth-order valence-corrected chi connectivity index (χ4v) is 1.62. The highest BCUT2D eigenvalue weighted by Crippen LogP contribution is 2.12. The number of nitrogens with zero attached hydrogens (tertiary/aromatic N) is 2. The van der Waals surface area contributed by atoms with Gasteiger partial charge in [-0.15, -0.1) is 0 Å². The third kappa shape index (κ3) is 1.87. The van der Waals surface area contributed by atoms with Crippen LogP contribution in [-0.4, -0.2) is 48.9 Å². The first-order valence-corrected chi connectivity index (χ1v) is 4.37. The first kappa shape index (κ1) is 8.37. The van der Waals surface area contributed by atoms with Crippen molar-refractivity contribution < 1.29 is 0 Å². The van der Waals surface area contributed by atoms with Gasteiger partial charge in [-0.25, -0.2) is 0 Å². The molecule has 2 nitrogen and oxygen atoms in total. The Morgan fingerprint density at radius 3 is 2.60 bits per heavy atom. The van der Waals surface area contributed by atoms with E-state index >= 15 is 0 Å². The summed E-state index contributed by atoms with van der Waals surface area (Å²) in [6.07, 6.45) is 1.30. The second-order valence-electron chi connectivity index (χ2n) is 3.12. The van der Waals surface area contributed by atoms with Crippen LogP contribution in [-0.2, 0) is 0 Å². The quantitative estimate of drug-likeness (QED) is 0.588. The fraction of sp³-hybridized carbons (Fsp3) is 1.00. The lowest BCUT2D eigenvalue weighted by molar-refractivity contribution is 0.285. The molecular weight excluding hydrogens is 144 g/mol. The van der Waals surface area contributed by atoms with Gasteiger partial charge in [-0.2, -0.15) is 12.6 Å². The second kappa shape index (κ2) is 3.60. The third-order valence-electron chi connectivity index (χ3n) is 2.18. The number of hydrogen-bond donors (Lipinski definition) is 1. The Morgan fingerprint density at radius 2 is 2.30 bits per heavy atom. The zero-order chi connectivity index (χ0) is 7.56. The standard InChI is InChI=1S/C7H16N2S/c1-8(2)7-3-4-9(5-7)6-10/h7,10H,3-6H2,1-2H3. The normalized spacial score (nSPS) is 28.2. The van der Waals surface area contributed by atoms with Crippen LogP contribution in [0.4, 0.5) is 0 Å². The molecule has 0 aliphatic carbocycles. The Labute approximate surface area is 68.6 Å². The molecule has 3 heteroatoms. The largest absolute Gasteiger partial charge is 0.305 e. The summed E-state index contributed by atoms with van der Waals surface area (Å²) >= 11 is 4.23. The Kier molecular flexibility index (Phi) is 3.01. The van der Waals surface area contributed by atoms with Gasteiger partial charge in [0.1, 0.15) is 0 Å². The van der Waals surface area contributed by atoms with Gasteiger partial charge >= 0.3 is 0 Å². The average Bonchev–Trinajstić information content (AvgIpc) is 2.34. The van der Waals surface area contributed by atoms with Crippen LogP contribution >= 0.6 is 12.6 Å². The summed E-state index contributed by atoms with van der Waals surface area (Å²) in [5, 5.41) is 0. The molecule has 1 atom stereocenters. The van der Waals surface area contributed by atoms with Crippen LogP contribution in [0.5, 0.6) is 0 Å². The smallest absolute Gasteiger partial charge is 0.0414 e. The van der Waals surface area contributed by atoms with Crippen LogP contribution in [0.15, 0.2) is 0 Å². The zero-order valence-electron chi connectivity index (χ0n) is 6.75. The number of hydrogen-bond acceptors (Lipinski definition) is 3. The zero-order valence-corrected chi connectivity index (χ0v) is 7.64. The van der Waals surface area contributed by atoms with Crippen molar-refractivity contribution in [3.63, 3.8) is 0 Å². The minimum atomic E-state index is 0.757. The maximum atomic E-state index is 4.23. The maximum Gasteiger partial charge on any atom is 0.0414 e. The van der Waals surface area contributed by atoms with Gasteiger partial charge in [0.05, 0.1) is 0 Å². The van der Waals surface area contributed by atoms with E-state index in [1.807, 2.05) is 0 Å². The molecule has 0 aromatic carbocycles. The topological polar surface area (TPSA) is 6.48 Å².